The van der Waals surface area contributed by atoms with Gasteiger partial charge in [-0.3, -0.25) is 4.79 Å². The quantitative estimate of drug-likeness (QED) is 0.828. The molecule has 0 unspecified atom stereocenters. The molecule has 5 nitrogen and oxygen atoms in total. The monoisotopic (exact) mass is 277 g/mol. The Labute approximate surface area is 115 Å². The second kappa shape index (κ2) is 5.24. The van der Waals surface area contributed by atoms with E-state index < -0.39 is 0 Å². The summed E-state index contributed by atoms with van der Waals surface area (Å²) in [6.45, 7) is 3.47. The van der Waals surface area contributed by atoms with Crippen LogP contribution >= 0.6 is 11.6 Å². The molecule has 0 aliphatic rings. The first kappa shape index (κ1) is 13.3. The van der Waals surface area contributed by atoms with Crippen LogP contribution in [0, 0.1) is 13.8 Å². The Bertz CT molecular complexity index is 644. The first-order valence-electron chi connectivity index (χ1n) is 5.58. The molecule has 0 spiro atoms. The number of halogens is 1. The van der Waals surface area contributed by atoms with Crippen molar-refractivity contribution in [2.45, 2.75) is 13.8 Å². The van der Waals surface area contributed by atoms with Gasteiger partial charge in [0.05, 0.1) is 27.7 Å². The van der Waals surface area contributed by atoms with Gasteiger partial charge in [-0.2, -0.15) is 10.2 Å². The maximum atomic E-state index is 12.1. The Kier molecular flexibility index (Phi) is 3.66. The predicted octanol–water partition coefficient (Wildman–Crippen LogP) is 2.70. The molecule has 0 radical (unpaired) electrons. The lowest BCUT2D eigenvalue weighted by Crippen LogP contribution is -2.15. The highest BCUT2D eigenvalue weighted by Gasteiger charge is 2.13. The molecular formula is C13H12ClN3O2. The average molecular weight is 278 g/mol. The van der Waals surface area contributed by atoms with Crippen LogP contribution in [0.4, 0.5) is 5.69 Å². The standard InChI is InChI=1S/C13H12ClN3O2/c1-7-5-10(8(2)17-16-7)13(19)15-12-4-3-9(18)6-11(12)14/h3-6,18H,1-2H3,(H,15,19). The number of aromatic nitrogens is 2. The van der Waals surface area contributed by atoms with Crippen LogP contribution in [-0.4, -0.2) is 21.2 Å². The lowest BCUT2D eigenvalue weighted by atomic mass is 10.2. The summed E-state index contributed by atoms with van der Waals surface area (Å²) in [5.41, 5.74) is 2.07. The number of phenolic OH excluding ortho intramolecular Hbond substituents is 1. The van der Waals surface area contributed by atoms with E-state index in [1.54, 1.807) is 19.9 Å². The van der Waals surface area contributed by atoms with E-state index >= 15 is 0 Å². The van der Waals surface area contributed by atoms with E-state index in [1.165, 1.54) is 18.2 Å². The Balaban J connectivity index is 2.28. The fraction of sp³-hybridized carbons (Fsp3) is 0.154. The van der Waals surface area contributed by atoms with Gasteiger partial charge in [0.1, 0.15) is 5.75 Å². The van der Waals surface area contributed by atoms with Crippen LogP contribution in [-0.2, 0) is 0 Å². The summed E-state index contributed by atoms with van der Waals surface area (Å²) >= 11 is 5.93. The predicted molar refractivity (Wildman–Crippen MR) is 72.6 cm³/mol. The minimum absolute atomic E-state index is 0.0422. The fourth-order valence-corrected chi connectivity index (χ4v) is 1.80. The van der Waals surface area contributed by atoms with E-state index in [0.717, 1.165) is 0 Å². The normalized spacial score (nSPS) is 10.3. The molecule has 2 aromatic rings. The summed E-state index contributed by atoms with van der Waals surface area (Å²) in [5.74, 6) is -0.274. The second-order valence-electron chi connectivity index (χ2n) is 4.10. The van der Waals surface area contributed by atoms with Crippen molar-refractivity contribution in [2.24, 2.45) is 0 Å². The van der Waals surface area contributed by atoms with Gasteiger partial charge in [0.25, 0.3) is 5.91 Å². The van der Waals surface area contributed by atoms with Crippen LogP contribution in [0.5, 0.6) is 5.75 Å². The summed E-state index contributed by atoms with van der Waals surface area (Å²) in [6.07, 6.45) is 0. The molecular weight excluding hydrogens is 266 g/mol. The van der Waals surface area contributed by atoms with E-state index in [4.69, 9.17) is 11.6 Å². The number of phenols is 1. The number of nitrogens with one attached hydrogen (secondary N) is 1. The zero-order chi connectivity index (χ0) is 14.0. The Morgan fingerprint density at radius 1 is 1.26 bits per heavy atom. The largest absolute Gasteiger partial charge is 0.508 e. The number of carbonyl (C=O) groups is 1. The molecule has 0 aliphatic carbocycles. The number of anilines is 1. The van der Waals surface area contributed by atoms with Gasteiger partial charge in [-0.1, -0.05) is 11.6 Å². The van der Waals surface area contributed by atoms with Crippen LogP contribution in [0.3, 0.4) is 0 Å². The number of rotatable bonds is 2. The van der Waals surface area contributed by atoms with Gasteiger partial charge < -0.3 is 10.4 Å². The van der Waals surface area contributed by atoms with Crippen molar-refractivity contribution in [3.8, 4) is 5.75 Å². The van der Waals surface area contributed by atoms with E-state index in [9.17, 15) is 9.90 Å². The molecule has 98 valence electrons. The van der Waals surface area contributed by atoms with Crippen LogP contribution in [0.2, 0.25) is 5.02 Å². The molecule has 19 heavy (non-hydrogen) atoms. The molecule has 0 fully saturated rings. The van der Waals surface area contributed by atoms with Gasteiger partial charge in [0.2, 0.25) is 0 Å². The molecule has 2 N–H and O–H groups in total. The van der Waals surface area contributed by atoms with E-state index in [0.29, 0.717) is 22.6 Å². The van der Waals surface area contributed by atoms with Gasteiger partial charge in [-0.15, -0.1) is 0 Å². The lowest BCUT2D eigenvalue weighted by Gasteiger charge is -2.09. The summed E-state index contributed by atoms with van der Waals surface area (Å²) < 4.78 is 0. The topological polar surface area (TPSA) is 75.1 Å². The lowest BCUT2D eigenvalue weighted by molar-refractivity contribution is 0.102. The van der Waals surface area contributed by atoms with Crippen molar-refractivity contribution in [2.75, 3.05) is 5.32 Å². The third kappa shape index (κ3) is 3.00. The summed E-state index contributed by atoms with van der Waals surface area (Å²) in [7, 11) is 0. The van der Waals surface area contributed by atoms with Gasteiger partial charge in [-0.05, 0) is 32.0 Å². The highest BCUT2D eigenvalue weighted by Crippen LogP contribution is 2.26. The number of aromatic hydroxyl groups is 1. The first-order valence-corrected chi connectivity index (χ1v) is 5.96. The minimum Gasteiger partial charge on any atom is -0.508 e. The van der Waals surface area contributed by atoms with Gasteiger partial charge >= 0.3 is 0 Å². The summed E-state index contributed by atoms with van der Waals surface area (Å²) in [6, 6.07) is 6.00. The molecule has 6 heteroatoms. The maximum absolute atomic E-state index is 12.1. The first-order chi connectivity index (χ1) is 8.97. The molecule has 1 aromatic carbocycles. The molecule has 0 atom stereocenters. The maximum Gasteiger partial charge on any atom is 0.257 e. The van der Waals surface area contributed by atoms with E-state index in [1.807, 2.05) is 0 Å². The molecule has 0 bridgehead atoms. The smallest absolute Gasteiger partial charge is 0.257 e. The number of nitrogens with zero attached hydrogens (tertiary/aromatic N) is 2. The zero-order valence-electron chi connectivity index (χ0n) is 10.4. The average Bonchev–Trinajstić information content (AvgIpc) is 2.35. The summed E-state index contributed by atoms with van der Waals surface area (Å²) in [4.78, 5) is 12.1. The molecule has 1 aromatic heterocycles. The Morgan fingerprint density at radius 2 is 2.00 bits per heavy atom. The van der Waals surface area contributed by atoms with E-state index in [-0.39, 0.29) is 16.7 Å². The molecule has 1 amide bonds. The van der Waals surface area contributed by atoms with Crippen molar-refractivity contribution in [1.29, 1.82) is 0 Å². The van der Waals surface area contributed by atoms with Crippen LogP contribution in [0.15, 0.2) is 24.3 Å². The third-order valence-electron chi connectivity index (χ3n) is 2.55. The van der Waals surface area contributed by atoms with Crippen LogP contribution < -0.4 is 5.32 Å². The molecule has 0 saturated heterocycles. The number of hydrogen-bond acceptors (Lipinski definition) is 4. The fourth-order valence-electron chi connectivity index (χ4n) is 1.57. The second-order valence-corrected chi connectivity index (χ2v) is 4.51. The number of aryl methyl sites for hydroxylation is 2. The van der Waals surface area contributed by atoms with Crippen molar-refractivity contribution in [3.63, 3.8) is 0 Å². The molecule has 0 saturated carbocycles. The molecule has 1 heterocycles. The van der Waals surface area contributed by atoms with Gasteiger partial charge in [0.15, 0.2) is 0 Å². The number of hydrogen-bond donors (Lipinski definition) is 2. The van der Waals surface area contributed by atoms with Crippen molar-refractivity contribution in [1.82, 2.24) is 10.2 Å². The zero-order valence-corrected chi connectivity index (χ0v) is 11.2. The van der Waals surface area contributed by atoms with Crippen molar-refractivity contribution < 1.29 is 9.90 Å². The Hall–Kier alpha value is -2.14. The Morgan fingerprint density at radius 3 is 2.68 bits per heavy atom. The molecule has 0 aliphatic heterocycles. The van der Waals surface area contributed by atoms with Crippen molar-refractivity contribution in [3.05, 3.63) is 46.2 Å². The number of benzene rings is 1. The highest BCUT2D eigenvalue weighted by atomic mass is 35.5. The SMILES string of the molecule is Cc1cc(C(=O)Nc2ccc(O)cc2Cl)c(C)nn1. The third-order valence-corrected chi connectivity index (χ3v) is 2.86. The minimum atomic E-state index is -0.317. The summed E-state index contributed by atoms with van der Waals surface area (Å²) in [5, 5.41) is 20.0. The van der Waals surface area contributed by atoms with Gasteiger partial charge in [0, 0.05) is 6.07 Å². The highest BCUT2D eigenvalue weighted by molar-refractivity contribution is 6.34. The number of amides is 1. The van der Waals surface area contributed by atoms with E-state index in [2.05, 4.69) is 15.5 Å². The number of carbonyl (C=O) groups excluding carboxylic acids is 1. The van der Waals surface area contributed by atoms with Gasteiger partial charge in [-0.25, -0.2) is 0 Å². The van der Waals surface area contributed by atoms with Crippen LogP contribution in [0.25, 0.3) is 0 Å². The van der Waals surface area contributed by atoms with Crippen LogP contribution in [0.1, 0.15) is 21.7 Å². The molecule has 2 rings (SSSR count). The van der Waals surface area contributed by atoms with Crippen molar-refractivity contribution >= 4 is 23.2 Å².